The molecule has 0 aliphatic carbocycles. The van der Waals surface area contributed by atoms with Crippen molar-refractivity contribution in [1.82, 2.24) is 4.90 Å². The average Bonchev–Trinajstić information content (AvgIpc) is 2.34. The van der Waals surface area contributed by atoms with E-state index in [2.05, 4.69) is 30.6 Å². The molecule has 0 heterocycles. The van der Waals surface area contributed by atoms with Gasteiger partial charge in [-0.3, -0.25) is 4.90 Å². The second-order valence-electron chi connectivity index (χ2n) is 4.54. The van der Waals surface area contributed by atoms with Gasteiger partial charge in [-0.15, -0.1) is 0 Å². The van der Waals surface area contributed by atoms with Crippen molar-refractivity contribution in [3.63, 3.8) is 0 Å². The Morgan fingerprint density at radius 3 is 2.44 bits per heavy atom. The van der Waals surface area contributed by atoms with Gasteiger partial charge in [0.25, 0.3) is 0 Å². The van der Waals surface area contributed by atoms with Gasteiger partial charge in [-0.05, 0) is 50.6 Å². The lowest BCUT2D eigenvalue weighted by Crippen LogP contribution is -2.25. The Hall–Kier alpha value is -1.33. The molecule has 0 fully saturated rings. The molecule has 1 rings (SSSR count). The minimum absolute atomic E-state index is 0.219. The number of nitrogens with zero attached hydrogens (tertiary/aromatic N) is 1. The third-order valence-corrected chi connectivity index (χ3v) is 2.81. The topological polar surface area (TPSA) is 3.24 Å². The second-order valence-corrected chi connectivity index (χ2v) is 4.54. The van der Waals surface area contributed by atoms with Gasteiger partial charge in [-0.2, -0.15) is 0 Å². The Labute approximate surface area is 110 Å². The molecule has 1 aromatic rings. The molecule has 0 radical (unpaired) electrons. The first kappa shape index (κ1) is 14.7. The summed E-state index contributed by atoms with van der Waals surface area (Å²) in [6.45, 7) is 9.21. The summed E-state index contributed by atoms with van der Waals surface area (Å²) in [5, 5.41) is 0. The second kappa shape index (κ2) is 7.89. The van der Waals surface area contributed by atoms with Gasteiger partial charge in [0, 0.05) is 5.56 Å². The Morgan fingerprint density at radius 2 is 1.83 bits per heavy atom. The largest absolute Gasteiger partial charge is 0.292 e. The minimum Gasteiger partial charge on any atom is -0.292 e. The first-order chi connectivity index (χ1) is 8.67. The number of benzene rings is 1. The highest BCUT2D eigenvalue weighted by Gasteiger charge is 2.00. The van der Waals surface area contributed by atoms with Gasteiger partial charge in [0.1, 0.15) is 5.82 Å². The molecule has 1 nitrogen and oxygen atoms in total. The van der Waals surface area contributed by atoms with Crippen molar-refractivity contribution >= 4 is 0 Å². The molecular weight excluding hydrogens is 225 g/mol. The molecule has 98 valence electrons. The Kier molecular flexibility index (Phi) is 6.46. The Bertz CT molecular complexity index is 422. The van der Waals surface area contributed by atoms with Crippen molar-refractivity contribution in [3.8, 4) is 11.8 Å². The van der Waals surface area contributed by atoms with Gasteiger partial charge in [-0.25, -0.2) is 4.39 Å². The highest BCUT2D eigenvalue weighted by atomic mass is 19.1. The molecule has 0 aromatic heterocycles. The van der Waals surface area contributed by atoms with E-state index in [1.54, 1.807) is 6.07 Å². The number of rotatable bonds is 5. The van der Waals surface area contributed by atoms with Crippen LogP contribution in [0.5, 0.6) is 0 Å². The van der Waals surface area contributed by atoms with E-state index in [0.29, 0.717) is 0 Å². The van der Waals surface area contributed by atoms with E-state index < -0.39 is 0 Å². The third-order valence-electron chi connectivity index (χ3n) is 2.81. The summed E-state index contributed by atoms with van der Waals surface area (Å²) in [5.41, 5.74) is 1.82. The summed E-state index contributed by atoms with van der Waals surface area (Å²) in [6, 6.07) is 4.75. The fourth-order valence-corrected chi connectivity index (χ4v) is 1.88. The lowest BCUT2D eigenvalue weighted by molar-refractivity contribution is 0.308. The first-order valence-electron chi connectivity index (χ1n) is 6.64. The molecule has 1 aromatic carbocycles. The van der Waals surface area contributed by atoms with Crippen LogP contribution in [0.25, 0.3) is 0 Å². The molecule has 0 saturated heterocycles. The van der Waals surface area contributed by atoms with E-state index in [9.17, 15) is 4.39 Å². The smallest absolute Gasteiger partial charge is 0.124 e. The summed E-state index contributed by atoms with van der Waals surface area (Å²) in [4.78, 5) is 2.33. The number of aryl methyl sites for hydroxylation is 1. The van der Waals surface area contributed by atoms with E-state index >= 15 is 0 Å². The summed E-state index contributed by atoms with van der Waals surface area (Å²) in [7, 11) is 0. The zero-order chi connectivity index (χ0) is 13.4. The van der Waals surface area contributed by atoms with Crippen molar-refractivity contribution in [2.24, 2.45) is 0 Å². The summed E-state index contributed by atoms with van der Waals surface area (Å²) >= 11 is 0. The van der Waals surface area contributed by atoms with E-state index in [0.717, 1.165) is 43.6 Å². The molecule has 0 saturated carbocycles. The standard InChI is InChI=1S/C16H22FN/c1-4-10-18(11-5-2)12-6-7-15-13-16(17)9-8-14(15)3/h8-9,13H,4-5,10-12H2,1-3H3. The van der Waals surface area contributed by atoms with Crippen LogP contribution < -0.4 is 0 Å². The normalized spacial score (nSPS) is 10.3. The van der Waals surface area contributed by atoms with Crippen molar-refractivity contribution in [2.45, 2.75) is 33.6 Å². The molecule has 0 aliphatic rings. The van der Waals surface area contributed by atoms with Crippen LogP contribution in [0.4, 0.5) is 4.39 Å². The molecule has 0 aliphatic heterocycles. The van der Waals surface area contributed by atoms with Gasteiger partial charge < -0.3 is 0 Å². The fraction of sp³-hybridized carbons (Fsp3) is 0.500. The van der Waals surface area contributed by atoms with Crippen molar-refractivity contribution in [3.05, 3.63) is 35.1 Å². The molecule has 2 heteroatoms. The molecule has 0 N–H and O–H groups in total. The van der Waals surface area contributed by atoms with Crippen molar-refractivity contribution in [1.29, 1.82) is 0 Å². The molecule has 0 bridgehead atoms. The van der Waals surface area contributed by atoms with Crippen LogP contribution in [0.3, 0.4) is 0 Å². The molecular formula is C16H22FN. The molecule has 18 heavy (non-hydrogen) atoms. The van der Waals surface area contributed by atoms with E-state index in [1.807, 2.05) is 6.92 Å². The predicted molar refractivity (Wildman–Crippen MR) is 75.0 cm³/mol. The van der Waals surface area contributed by atoms with Crippen LogP contribution in [0.15, 0.2) is 18.2 Å². The molecule has 0 atom stereocenters. The third kappa shape index (κ3) is 4.89. The van der Waals surface area contributed by atoms with Crippen molar-refractivity contribution in [2.75, 3.05) is 19.6 Å². The van der Waals surface area contributed by atoms with E-state index in [4.69, 9.17) is 0 Å². The summed E-state index contributed by atoms with van der Waals surface area (Å²) in [6.07, 6.45) is 2.28. The van der Waals surface area contributed by atoms with Crippen LogP contribution in [-0.4, -0.2) is 24.5 Å². The Morgan fingerprint density at radius 1 is 1.17 bits per heavy atom. The van der Waals surface area contributed by atoms with Gasteiger partial charge in [0.05, 0.1) is 6.54 Å². The van der Waals surface area contributed by atoms with Crippen molar-refractivity contribution < 1.29 is 4.39 Å². The highest BCUT2D eigenvalue weighted by Crippen LogP contribution is 2.08. The molecule has 0 amide bonds. The van der Waals surface area contributed by atoms with Crippen LogP contribution >= 0.6 is 0 Å². The predicted octanol–water partition coefficient (Wildman–Crippen LogP) is 3.61. The van der Waals surface area contributed by atoms with Gasteiger partial charge in [0.2, 0.25) is 0 Å². The maximum atomic E-state index is 13.1. The maximum absolute atomic E-state index is 13.1. The average molecular weight is 247 g/mol. The quantitative estimate of drug-likeness (QED) is 0.718. The zero-order valence-corrected chi connectivity index (χ0v) is 11.6. The van der Waals surface area contributed by atoms with Crippen LogP contribution in [0, 0.1) is 24.6 Å². The highest BCUT2D eigenvalue weighted by molar-refractivity contribution is 5.41. The first-order valence-corrected chi connectivity index (χ1v) is 6.64. The van der Waals surface area contributed by atoms with Gasteiger partial charge in [0.15, 0.2) is 0 Å². The lowest BCUT2D eigenvalue weighted by atomic mass is 10.1. The SMILES string of the molecule is CCCN(CC#Cc1cc(F)ccc1C)CCC. The number of halogens is 1. The van der Waals surface area contributed by atoms with Gasteiger partial charge in [-0.1, -0.05) is 31.8 Å². The summed E-state index contributed by atoms with van der Waals surface area (Å²) in [5.74, 6) is 6.00. The van der Waals surface area contributed by atoms with E-state index in [1.165, 1.54) is 12.1 Å². The Balaban J connectivity index is 2.66. The van der Waals surface area contributed by atoms with Crippen LogP contribution in [0.2, 0.25) is 0 Å². The lowest BCUT2D eigenvalue weighted by Gasteiger charge is -2.17. The van der Waals surface area contributed by atoms with Crippen LogP contribution in [0.1, 0.15) is 37.8 Å². The zero-order valence-electron chi connectivity index (χ0n) is 11.6. The monoisotopic (exact) mass is 247 g/mol. The van der Waals surface area contributed by atoms with Gasteiger partial charge >= 0.3 is 0 Å². The molecule has 0 spiro atoms. The fourth-order valence-electron chi connectivity index (χ4n) is 1.88. The van der Waals surface area contributed by atoms with Crippen LogP contribution in [-0.2, 0) is 0 Å². The number of hydrogen-bond donors (Lipinski definition) is 0. The van der Waals surface area contributed by atoms with E-state index in [-0.39, 0.29) is 5.82 Å². The number of hydrogen-bond acceptors (Lipinski definition) is 1. The minimum atomic E-state index is -0.219. The maximum Gasteiger partial charge on any atom is 0.124 e. The molecule has 0 unspecified atom stereocenters. The summed E-state index contributed by atoms with van der Waals surface area (Å²) < 4.78 is 13.1.